The van der Waals surface area contributed by atoms with Gasteiger partial charge in [-0.25, -0.2) is 8.42 Å². The first-order valence-electron chi connectivity index (χ1n) is 6.56. The van der Waals surface area contributed by atoms with Crippen molar-refractivity contribution >= 4 is 15.9 Å². The highest BCUT2D eigenvalue weighted by Gasteiger charge is 2.20. The van der Waals surface area contributed by atoms with Gasteiger partial charge in [0.25, 0.3) is 0 Å². The molecule has 0 aliphatic rings. The second kappa shape index (κ2) is 7.28. The van der Waals surface area contributed by atoms with Crippen LogP contribution in [-0.4, -0.2) is 20.1 Å². The summed E-state index contributed by atoms with van der Waals surface area (Å²) in [4.78, 5) is 11.7. The molecular formula is C14H21NO3S. The van der Waals surface area contributed by atoms with Gasteiger partial charge >= 0.3 is 0 Å². The molecule has 19 heavy (non-hydrogen) atoms. The minimum absolute atomic E-state index is 0.0666. The van der Waals surface area contributed by atoms with Gasteiger partial charge in [0.2, 0.25) is 15.9 Å². The topological polar surface area (TPSA) is 63.2 Å². The van der Waals surface area contributed by atoms with Crippen LogP contribution in [-0.2, 0) is 21.2 Å². The highest BCUT2D eigenvalue weighted by molar-refractivity contribution is 7.90. The molecule has 0 aliphatic carbocycles. The number of carbonyl (C=O) groups excluding carboxylic acids is 1. The number of hydrogen-bond donors (Lipinski definition) is 1. The van der Waals surface area contributed by atoms with Crippen LogP contribution in [0.25, 0.3) is 0 Å². The zero-order chi connectivity index (χ0) is 14.3. The number of hydrogen-bond acceptors (Lipinski definition) is 3. The molecule has 0 aromatic heterocycles. The molecule has 0 saturated heterocycles. The number of carbonyl (C=O) groups is 1. The van der Waals surface area contributed by atoms with Crippen molar-refractivity contribution in [2.45, 2.75) is 33.1 Å². The molecule has 106 valence electrons. The Balaban J connectivity index is 2.55. The lowest BCUT2D eigenvalue weighted by atomic mass is 10.0. The Morgan fingerprint density at radius 1 is 1.16 bits per heavy atom. The van der Waals surface area contributed by atoms with Crippen molar-refractivity contribution in [3.63, 3.8) is 0 Å². The minimum atomic E-state index is -3.54. The van der Waals surface area contributed by atoms with Gasteiger partial charge in [-0.3, -0.25) is 9.52 Å². The Kier molecular flexibility index (Phi) is 6.02. The lowest BCUT2D eigenvalue weighted by molar-refractivity contribution is -0.123. The third kappa shape index (κ3) is 5.42. The van der Waals surface area contributed by atoms with Crippen molar-refractivity contribution in [2.24, 2.45) is 5.92 Å². The maximum atomic E-state index is 11.8. The summed E-state index contributed by atoms with van der Waals surface area (Å²) in [5.41, 5.74) is 0.947. The van der Waals surface area contributed by atoms with Crippen LogP contribution in [0.3, 0.4) is 0 Å². The summed E-state index contributed by atoms with van der Waals surface area (Å²) in [7, 11) is -3.54. The molecule has 4 nitrogen and oxygen atoms in total. The monoisotopic (exact) mass is 283 g/mol. The largest absolute Gasteiger partial charge is 0.274 e. The van der Waals surface area contributed by atoms with E-state index in [2.05, 4.69) is 4.72 Å². The standard InChI is InChI=1S/C14H21NO3S/c1-3-13(4-2)14(16)15-19(17,18)11-10-12-8-6-5-7-9-12/h5-9,13H,3-4,10-11H2,1-2H3,(H,15,16). The molecule has 1 rings (SSSR count). The zero-order valence-corrected chi connectivity index (χ0v) is 12.2. The fourth-order valence-electron chi connectivity index (χ4n) is 1.84. The highest BCUT2D eigenvalue weighted by atomic mass is 32.2. The Morgan fingerprint density at radius 3 is 2.26 bits per heavy atom. The van der Waals surface area contributed by atoms with E-state index in [-0.39, 0.29) is 11.7 Å². The van der Waals surface area contributed by atoms with Crippen molar-refractivity contribution in [2.75, 3.05) is 5.75 Å². The molecular weight excluding hydrogens is 262 g/mol. The lowest BCUT2D eigenvalue weighted by Gasteiger charge is -2.13. The van der Waals surface area contributed by atoms with Crippen molar-refractivity contribution in [1.82, 2.24) is 4.72 Å². The minimum Gasteiger partial charge on any atom is -0.274 e. The van der Waals surface area contributed by atoms with Crippen molar-refractivity contribution in [1.29, 1.82) is 0 Å². The van der Waals surface area contributed by atoms with Crippen LogP contribution < -0.4 is 4.72 Å². The van der Waals surface area contributed by atoms with Crippen LogP contribution in [0.2, 0.25) is 0 Å². The van der Waals surface area contributed by atoms with E-state index in [1.807, 2.05) is 44.2 Å². The number of rotatable bonds is 7. The van der Waals surface area contributed by atoms with Gasteiger partial charge in [0.1, 0.15) is 0 Å². The van der Waals surface area contributed by atoms with Crippen LogP contribution in [0.1, 0.15) is 32.3 Å². The van der Waals surface area contributed by atoms with Gasteiger partial charge in [0.15, 0.2) is 0 Å². The molecule has 0 aliphatic heterocycles. The van der Waals surface area contributed by atoms with E-state index >= 15 is 0 Å². The van der Waals surface area contributed by atoms with Crippen LogP contribution >= 0.6 is 0 Å². The van der Waals surface area contributed by atoms with E-state index in [9.17, 15) is 13.2 Å². The van der Waals surface area contributed by atoms with E-state index in [1.54, 1.807) is 0 Å². The van der Waals surface area contributed by atoms with Gasteiger partial charge < -0.3 is 0 Å². The molecule has 1 aromatic carbocycles. The van der Waals surface area contributed by atoms with Crippen LogP contribution in [0.5, 0.6) is 0 Å². The second-order valence-electron chi connectivity index (χ2n) is 4.53. The number of benzene rings is 1. The molecule has 1 aromatic rings. The third-order valence-corrected chi connectivity index (χ3v) is 4.37. The summed E-state index contributed by atoms with van der Waals surface area (Å²) < 4.78 is 25.8. The predicted octanol–water partition coefficient (Wildman–Crippen LogP) is 2.11. The van der Waals surface area contributed by atoms with Crippen molar-refractivity contribution in [3.8, 4) is 0 Å². The molecule has 1 N–H and O–H groups in total. The van der Waals surface area contributed by atoms with Gasteiger partial charge in [0.05, 0.1) is 5.75 Å². The van der Waals surface area contributed by atoms with E-state index in [0.29, 0.717) is 19.3 Å². The first-order chi connectivity index (χ1) is 8.98. The molecule has 0 fully saturated rings. The number of amides is 1. The fraction of sp³-hybridized carbons (Fsp3) is 0.500. The SMILES string of the molecule is CCC(CC)C(=O)NS(=O)(=O)CCc1ccccc1. The summed E-state index contributed by atoms with van der Waals surface area (Å²) in [6, 6.07) is 9.36. The molecule has 0 unspecified atom stereocenters. The maximum Gasteiger partial charge on any atom is 0.236 e. The average Bonchev–Trinajstić information content (AvgIpc) is 2.38. The van der Waals surface area contributed by atoms with Crippen LogP contribution in [0, 0.1) is 5.92 Å². The summed E-state index contributed by atoms with van der Waals surface area (Å²) >= 11 is 0. The third-order valence-electron chi connectivity index (χ3n) is 3.11. The van der Waals surface area contributed by atoms with Gasteiger partial charge in [-0.1, -0.05) is 44.2 Å². The normalized spacial score (nSPS) is 11.5. The van der Waals surface area contributed by atoms with E-state index in [1.165, 1.54) is 0 Å². The van der Waals surface area contributed by atoms with Crippen LogP contribution in [0.15, 0.2) is 30.3 Å². The molecule has 0 heterocycles. The zero-order valence-electron chi connectivity index (χ0n) is 11.4. The molecule has 0 bridgehead atoms. The Hall–Kier alpha value is -1.36. The van der Waals surface area contributed by atoms with Gasteiger partial charge in [-0.05, 0) is 24.8 Å². The number of aryl methyl sites for hydroxylation is 1. The first kappa shape index (κ1) is 15.7. The average molecular weight is 283 g/mol. The summed E-state index contributed by atoms with van der Waals surface area (Å²) in [6.07, 6.45) is 1.71. The Morgan fingerprint density at radius 2 is 1.74 bits per heavy atom. The maximum absolute atomic E-state index is 11.8. The first-order valence-corrected chi connectivity index (χ1v) is 8.22. The lowest BCUT2D eigenvalue weighted by Crippen LogP contribution is -2.37. The Bertz CT molecular complexity index is 493. The van der Waals surface area contributed by atoms with E-state index < -0.39 is 15.9 Å². The smallest absolute Gasteiger partial charge is 0.236 e. The van der Waals surface area contributed by atoms with Gasteiger partial charge in [0, 0.05) is 5.92 Å². The van der Waals surface area contributed by atoms with Gasteiger partial charge in [-0.2, -0.15) is 0 Å². The molecule has 5 heteroatoms. The predicted molar refractivity (Wildman–Crippen MR) is 76.1 cm³/mol. The second-order valence-corrected chi connectivity index (χ2v) is 6.38. The van der Waals surface area contributed by atoms with E-state index in [4.69, 9.17) is 0 Å². The molecule has 0 saturated carbocycles. The summed E-state index contributed by atoms with van der Waals surface area (Å²) in [5.74, 6) is -0.687. The summed E-state index contributed by atoms with van der Waals surface area (Å²) in [5, 5.41) is 0. The summed E-state index contributed by atoms with van der Waals surface area (Å²) in [6.45, 7) is 3.76. The molecule has 0 atom stereocenters. The quantitative estimate of drug-likeness (QED) is 0.833. The molecule has 1 amide bonds. The number of nitrogens with one attached hydrogen (secondary N) is 1. The highest BCUT2D eigenvalue weighted by Crippen LogP contribution is 2.08. The molecule has 0 radical (unpaired) electrons. The number of sulfonamides is 1. The Labute approximate surface area is 115 Å². The van der Waals surface area contributed by atoms with Crippen molar-refractivity contribution in [3.05, 3.63) is 35.9 Å². The van der Waals surface area contributed by atoms with Crippen LogP contribution in [0.4, 0.5) is 0 Å². The fourth-order valence-corrected chi connectivity index (χ4v) is 2.92. The van der Waals surface area contributed by atoms with Gasteiger partial charge in [-0.15, -0.1) is 0 Å². The molecule has 0 spiro atoms. The van der Waals surface area contributed by atoms with E-state index in [0.717, 1.165) is 5.56 Å². The van der Waals surface area contributed by atoms with Crippen molar-refractivity contribution < 1.29 is 13.2 Å².